The molecule has 3 N–H and O–H groups in total. The lowest BCUT2D eigenvalue weighted by Crippen LogP contribution is -2.22. The smallest absolute Gasteiger partial charge is 0.274 e. The average molecular weight is 284 g/mol. The van der Waals surface area contributed by atoms with Crippen molar-refractivity contribution in [2.45, 2.75) is 6.54 Å². The number of benzene rings is 2. The number of Topliss-reactive ketones (excluding diaryl/α,β-unsaturated/α-hetero) is 1. The zero-order valence-electron chi connectivity index (χ0n) is 11.4. The van der Waals surface area contributed by atoms with E-state index in [0.29, 0.717) is 17.7 Å². The van der Waals surface area contributed by atoms with E-state index in [9.17, 15) is 9.59 Å². The molecule has 0 saturated carbocycles. The third kappa shape index (κ3) is 4.24. The molecule has 0 saturated heterocycles. The quantitative estimate of drug-likeness (QED) is 0.429. The fraction of sp³-hybridized carbons (Fsp3) is 0.125. The third-order valence-corrected chi connectivity index (χ3v) is 3.03. The van der Waals surface area contributed by atoms with E-state index in [0.717, 1.165) is 5.56 Å². The normalized spacial score (nSPS) is 10.1. The first-order valence-electron chi connectivity index (χ1n) is 6.53. The predicted octanol–water partition coefficient (Wildman–Crippen LogP) is 1.78. The lowest BCUT2D eigenvalue weighted by Gasteiger charge is -2.05. The predicted molar refractivity (Wildman–Crippen MR) is 78.2 cm³/mol. The van der Waals surface area contributed by atoms with Gasteiger partial charge in [0.15, 0.2) is 5.78 Å². The van der Waals surface area contributed by atoms with Crippen molar-refractivity contribution < 1.29 is 14.8 Å². The third-order valence-electron chi connectivity index (χ3n) is 3.03. The molecule has 2 aromatic rings. The summed E-state index contributed by atoms with van der Waals surface area (Å²) in [5.74, 6) is -0.513. The largest absolute Gasteiger partial charge is 0.306 e. The fourth-order valence-corrected chi connectivity index (χ4v) is 1.88. The Morgan fingerprint density at radius 2 is 1.57 bits per heavy atom. The van der Waals surface area contributed by atoms with Crippen LogP contribution in [0.15, 0.2) is 54.6 Å². The summed E-state index contributed by atoms with van der Waals surface area (Å²) in [6.07, 6.45) is 0. The maximum Gasteiger partial charge on any atom is 0.274 e. The molecule has 5 heteroatoms. The zero-order chi connectivity index (χ0) is 15.1. The fourth-order valence-electron chi connectivity index (χ4n) is 1.88. The van der Waals surface area contributed by atoms with Gasteiger partial charge in [0.25, 0.3) is 5.91 Å². The van der Waals surface area contributed by atoms with Gasteiger partial charge in [-0.15, -0.1) is 0 Å². The molecule has 5 nitrogen and oxygen atoms in total. The number of hydrogen-bond donors (Lipinski definition) is 3. The van der Waals surface area contributed by atoms with E-state index in [1.54, 1.807) is 41.9 Å². The lowest BCUT2D eigenvalue weighted by molar-refractivity contribution is 0.0706. The number of amides is 1. The van der Waals surface area contributed by atoms with Crippen molar-refractivity contribution in [3.05, 3.63) is 71.3 Å². The molecule has 0 bridgehead atoms. The average Bonchev–Trinajstić information content (AvgIpc) is 2.55. The highest BCUT2D eigenvalue weighted by Crippen LogP contribution is 2.04. The molecule has 21 heavy (non-hydrogen) atoms. The summed E-state index contributed by atoms with van der Waals surface area (Å²) in [6.45, 7) is 0.780. The second kappa shape index (κ2) is 7.33. The molecule has 0 aliphatic heterocycles. The molecule has 0 atom stereocenters. The van der Waals surface area contributed by atoms with Crippen LogP contribution < -0.4 is 10.8 Å². The second-order valence-electron chi connectivity index (χ2n) is 4.53. The number of nitrogens with one attached hydrogen (secondary N) is 2. The van der Waals surface area contributed by atoms with Crippen LogP contribution in [-0.4, -0.2) is 23.4 Å². The Balaban J connectivity index is 1.84. The molecule has 0 radical (unpaired) electrons. The number of rotatable bonds is 6. The topological polar surface area (TPSA) is 78.4 Å². The molecule has 1 amide bonds. The van der Waals surface area contributed by atoms with Gasteiger partial charge < -0.3 is 5.32 Å². The maximum absolute atomic E-state index is 11.9. The van der Waals surface area contributed by atoms with Gasteiger partial charge in [-0.3, -0.25) is 14.8 Å². The summed E-state index contributed by atoms with van der Waals surface area (Å²) in [5.41, 5.74) is 3.58. The molecular weight excluding hydrogens is 268 g/mol. The molecule has 2 aromatic carbocycles. The van der Waals surface area contributed by atoms with Gasteiger partial charge in [0.2, 0.25) is 0 Å². The van der Waals surface area contributed by atoms with Crippen LogP contribution in [0.1, 0.15) is 26.3 Å². The summed E-state index contributed by atoms with van der Waals surface area (Å²) in [7, 11) is 0. The Hall–Kier alpha value is -2.50. The minimum Gasteiger partial charge on any atom is -0.306 e. The summed E-state index contributed by atoms with van der Waals surface area (Å²) >= 11 is 0. The molecule has 0 aliphatic carbocycles. The van der Waals surface area contributed by atoms with E-state index in [2.05, 4.69) is 5.32 Å². The molecule has 0 fully saturated rings. The molecule has 0 spiro atoms. The zero-order valence-corrected chi connectivity index (χ0v) is 11.4. The molecule has 108 valence electrons. The van der Waals surface area contributed by atoms with Gasteiger partial charge in [0, 0.05) is 17.7 Å². The van der Waals surface area contributed by atoms with E-state index in [-0.39, 0.29) is 12.3 Å². The Labute approximate surface area is 122 Å². The highest BCUT2D eigenvalue weighted by atomic mass is 16.5. The lowest BCUT2D eigenvalue weighted by atomic mass is 10.1. The number of carbonyl (C=O) groups excluding carboxylic acids is 2. The van der Waals surface area contributed by atoms with E-state index in [4.69, 9.17) is 5.21 Å². The summed E-state index contributed by atoms with van der Waals surface area (Å²) < 4.78 is 0. The van der Waals surface area contributed by atoms with Crippen molar-refractivity contribution in [3.63, 3.8) is 0 Å². The van der Waals surface area contributed by atoms with E-state index >= 15 is 0 Å². The van der Waals surface area contributed by atoms with Crippen molar-refractivity contribution >= 4 is 11.7 Å². The van der Waals surface area contributed by atoms with Gasteiger partial charge in [-0.05, 0) is 17.7 Å². The van der Waals surface area contributed by atoms with Crippen LogP contribution in [0.25, 0.3) is 0 Å². The number of ketones is 1. The molecule has 0 unspecified atom stereocenters. The minimum atomic E-state index is -0.547. The van der Waals surface area contributed by atoms with Gasteiger partial charge in [-0.2, -0.15) is 0 Å². The first-order valence-corrected chi connectivity index (χ1v) is 6.53. The van der Waals surface area contributed by atoms with Crippen LogP contribution in [0.2, 0.25) is 0 Å². The number of carbonyl (C=O) groups is 2. The van der Waals surface area contributed by atoms with Crippen molar-refractivity contribution in [3.8, 4) is 0 Å². The van der Waals surface area contributed by atoms with Crippen molar-refractivity contribution in [2.24, 2.45) is 0 Å². The summed E-state index contributed by atoms with van der Waals surface area (Å²) in [5, 5.41) is 11.6. The van der Waals surface area contributed by atoms with Crippen LogP contribution in [-0.2, 0) is 6.54 Å². The Kier molecular flexibility index (Phi) is 5.20. The minimum absolute atomic E-state index is 0.0341. The Morgan fingerprint density at radius 3 is 2.19 bits per heavy atom. The summed E-state index contributed by atoms with van der Waals surface area (Å²) in [4.78, 5) is 23.0. The molecular formula is C16H16N2O3. The summed E-state index contributed by atoms with van der Waals surface area (Å²) in [6, 6.07) is 15.9. The highest BCUT2D eigenvalue weighted by Gasteiger charge is 2.05. The van der Waals surface area contributed by atoms with Crippen molar-refractivity contribution in [2.75, 3.05) is 6.54 Å². The van der Waals surface area contributed by atoms with Gasteiger partial charge >= 0.3 is 0 Å². The second-order valence-corrected chi connectivity index (χ2v) is 4.53. The Bertz CT molecular complexity index is 609. The van der Waals surface area contributed by atoms with E-state index < -0.39 is 5.91 Å². The molecule has 2 rings (SSSR count). The monoisotopic (exact) mass is 284 g/mol. The van der Waals surface area contributed by atoms with Crippen LogP contribution in [0.4, 0.5) is 0 Å². The SMILES string of the molecule is O=C(CNCc1ccc(C(=O)NO)cc1)c1ccccc1. The van der Waals surface area contributed by atoms with E-state index in [1.807, 2.05) is 18.2 Å². The van der Waals surface area contributed by atoms with Crippen LogP contribution in [0.3, 0.4) is 0 Å². The standard InChI is InChI=1S/C16H16N2O3/c19-15(13-4-2-1-3-5-13)11-17-10-12-6-8-14(9-7-12)16(20)18-21/h1-9,17,21H,10-11H2,(H,18,20). The van der Waals surface area contributed by atoms with Crippen LogP contribution in [0.5, 0.6) is 0 Å². The molecule has 0 aliphatic rings. The number of hydrogen-bond acceptors (Lipinski definition) is 4. The van der Waals surface area contributed by atoms with Crippen molar-refractivity contribution in [1.29, 1.82) is 0 Å². The Morgan fingerprint density at radius 1 is 0.905 bits per heavy atom. The van der Waals surface area contributed by atoms with Gasteiger partial charge in [-0.25, -0.2) is 5.48 Å². The molecule has 0 heterocycles. The van der Waals surface area contributed by atoms with E-state index in [1.165, 1.54) is 0 Å². The van der Waals surface area contributed by atoms with Gasteiger partial charge in [-0.1, -0.05) is 42.5 Å². The highest BCUT2D eigenvalue weighted by molar-refractivity contribution is 5.97. The van der Waals surface area contributed by atoms with Gasteiger partial charge in [0.05, 0.1) is 6.54 Å². The number of hydroxylamine groups is 1. The molecule has 0 aromatic heterocycles. The first kappa shape index (κ1) is 14.9. The first-order chi connectivity index (χ1) is 10.2. The maximum atomic E-state index is 11.9. The van der Waals surface area contributed by atoms with Gasteiger partial charge in [0.1, 0.15) is 0 Å². The van der Waals surface area contributed by atoms with Crippen LogP contribution >= 0.6 is 0 Å². The van der Waals surface area contributed by atoms with Crippen molar-refractivity contribution in [1.82, 2.24) is 10.8 Å². The van der Waals surface area contributed by atoms with Crippen LogP contribution in [0, 0.1) is 0 Å².